The third kappa shape index (κ3) is 3.81. The van der Waals surface area contributed by atoms with Crippen LogP contribution in [0.3, 0.4) is 0 Å². The van der Waals surface area contributed by atoms with E-state index in [4.69, 9.17) is 0 Å². The minimum atomic E-state index is 0.407. The lowest BCUT2D eigenvalue weighted by Gasteiger charge is -2.24. The topological polar surface area (TPSA) is 24.9 Å². The van der Waals surface area contributed by atoms with Gasteiger partial charge in [-0.25, -0.2) is 0 Å². The first-order chi connectivity index (χ1) is 8.57. The molecule has 2 rings (SSSR count). The monoisotopic (exact) mass is 246 g/mol. The number of nitrogens with one attached hydrogen (secondary N) is 1. The molecule has 1 saturated carbocycles. The maximum atomic E-state index is 4.20. The Balaban J connectivity index is 1.90. The molecule has 1 unspecified atom stereocenters. The van der Waals surface area contributed by atoms with Gasteiger partial charge in [0.05, 0.1) is 0 Å². The van der Waals surface area contributed by atoms with E-state index in [1.165, 1.54) is 37.7 Å². The van der Waals surface area contributed by atoms with Crippen molar-refractivity contribution in [1.29, 1.82) is 0 Å². The van der Waals surface area contributed by atoms with Gasteiger partial charge in [0.2, 0.25) is 0 Å². The Kier molecular flexibility index (Phi) is 4.39. The van der Waals surface area contributed by atoms with E-state index < -0.39 is 0 Å². The minimum Gasteiger partial charge on any atom is -0.307 e. The van der Waals surface area contributed by atoms with Gasteiger partial charge in [-0.05, 0) is 49.7 Å². The lowest BCUT2D eigenvalue weighted by atomic mass is 9.85. The standard InChI is InChI=1S/C16H26N2/c1-13(14-6-5-11-17-12-14)18-15-7-4-9-16(2,3)10-8-15/h5-6,11-13,15,18H,4,7-10H2,1-3H3/t13-,15?/m1/s1. The molecule has 2 heteroatoms. The zero-order chi connectivity index (χ0) is 13.0. The average Bonchev–Trinajstić information content (AvgIpc) is 2.52. The van der Waals surface area contributed by atoms with Crippen molar-refractivity contribution in [2.24, 2.45) is 5.41 Å². The van der Waals surface area contributed by atoms with Gasteiger partial charge in [0.25, 0.3) is 0 Å². The molecule has 0 bridgehead atoms. The second-order valence-corrected chi connectivity index (χ2v) is 6.47. The molecule has 1 heterocycles. The number of rotatable bonds is 3. The Bertz CT molecular complexity index is 359. The molecule has 0 radical (unpaired) electrons. The summed E-state index contributed by atoms with van der Waals surface area (Å²) in [5.41, 5.74) is 1.83. The van der Waals surface area contributed by atoms with Gasteiger partial charge < -0.3 is 5.32 Å². The molecule has 1 N–H and O–H groups in total. The van der Waals surface area contributed by atoms with E-state index in [2.05, 4.69) is 37.1 Å². The zero-order valence-corrected chi connectivity index (χ0v) is 11.9. The summed E-state index contributed by atoms with van der Waals surface area (Å²) >= 11 is 0. The predicted molar refractivity (Wildman–Crippen MR) is 76.4 cm³/mol. The van der Waals surface area contributed by atoms with E-state index in [1.807, 2.05) is 18.5 Å². The minimum absolute atomic E-state index is 0.407. The van der Waals surface area contributed by atoms with Crippen molar-refractivity contribution in [3.05, 3.63) is 30.1 Å². The normalized spacial score (nSPS) is 25.4. The molecule has 0 amide bonds. The van der Waals surface area contributed by atoms with Gasteiger partial charge in [-0.3, -0.25) is 4.98 Å². The Hall–Kier alpha value is -0.890. The summed E-state index contributed by atoms with van der Waals surface area (Å²) in [5.74, 6) is 0. The summed E-state index contributed by atoms with van der Waals surface area (Å²) in [7, 11) is 0. The highest BCUT2D eigenvalue weighted by molar-refractivity contribution is 5.13. The summed E-state index contributed by atoms with van der Waals surface area (Å²) in [6.45, 7) is 7.05. The van der Waals surface area contributed by atoms with Gasteiger partial charge in [-0.1, -0.05) is 26.3 Å². The smallest absolute Gasteiger partial charge is 0.0315 e. The highest BCUT2D eigenvalue weighted by Crippen LogP contribution is 2.34. The van der Waals surface area contributed by atoms with Crippen LogP contribution in [0.5, 0.6) is 0 Å². The molecule has 1 fully saturated rings. The number of nitrogens with zero attached hydrogens (tertiary/aromatic N) is 1. The van der Waals surface area contributed by atoms with Crippen LogP contribution in [0.1, 0.15) is 64.5 Å². The van der Waals surface area contributed by atoms with Crippen molar-refractivity contribution >= 4 is 0 Å². The molecule has 0 saturated heterocycles. The Morgan fingerprint density at radius 1 is 1.33 bits per heavy atom. The third-order valence-electron chi connectivity index (χ3n) is 4.25. The summed E-state index contributed by atoms with van der Waals surface area (Å²) in [6, 6.07) is 5.25. The summed E-state index contributed by atoms with van der Waals surface area (Å²) < 4.78 is 0. The molecule has 0 aromatic carbocycles. The lowest BCUT2D eigenvalue weighted by molar-refractivity contribution is 0.307. The van der Waals surface area contributed by atoms with Crippen LogP contribution >= 0.6 is 0 Å². The van der Waals surface area contributed by atoms with Gasteiger partial charge in [0, 0.05) is 24.5 Å². The van der Waals surface area contributed by atoms with Crippen molar-refractivity contribution < 1.29 is 0 Å². The van der Waals surface area contributed by atoms with Crippen molar-refractivity contribution in [3.63, 3.8) is 0 Å². The van der Waals surface area contributed by atoms with E-state index in [9.17, 15) is 0 Å². The van der Waals surface area contributed by atoms with Crippen LogP contribution in [-0.4, -0.2) is 11.0 Å². The third-order valence-corrected chi connectivity index (χ3v) is 4.25. The molecular weight excluding hydrogens is 220 g/mol. The average molecular weight is 246 g/mol. The molecule has 2 nitrogen and oxygen atoms in total. The first-order valence-corrected chi connectivity index (χ1v) is 7.23. The lowest BCUT2D eigenvalue weighted by Crippen LogP contribution is -2.31. The first kappa shape index (κ1) is 13.5. The van der Waals surface area contributed by atoms with E-state index in [-0.39, 0.29) is 0 Å². The van der Waals surface area contributed by atoms with Gasteiger partial charge in [0.1, 0.15) is 0 Å². The van der Waals surface area contributed by atoms with Crippen LogP contribution in [0.2, 0.25) is 0 Å². The predicted octanol–water partition coefficient (Wildman–Crippen LogP) is 4.09. The van der Waals surface area contributed by atoms with Gasteiger partial charge in [-0.2, -0.15) is 0 Å². The molecular formula is C16H26N2. The van der Waals surface area contributed by atoms with Crippen LogP contribution < -0.4 is 5.32 Å². The highest BCUT2D eigenvalue weighted by Gasteiger charge is 2.24. The van der Waals surface area contributed by atoms with Gasteiger partial charge in [-0.15, -0.1) is 0 Å². The maximum absolute atomic E-state index is 4.20. The van der Waals surface area contributed by atoms with E-state index in [1.54, 1.807) is 0 Å². The van der Waals surface area contributed by atoms with Crippen LogP contribution in [0.25, 0.3) is 0 Å². The van der Waals surface area contributed by atoms with E-state index in [0.29, 0.717) is 17.5 Å². The SMILES string of the molecule is C[C@@H](NC1CCCC(C)(C)CC1)c1cccnc1. The fourth-order valence-corrected chi connectivity index (χ4v) is 2.91. The van der Waals surface area contributed by atoms with Crippen molar-refractivity contribution in [2.75, 3.05) is 0 Å². The van der Waals surface area contributed by atoms with Crippen molar-refractivity contribution in [1.82, 2.24) is 10.3 Å². The van der Waals surface area contributed by atoms with Gasteiger partial charge >= 0.3 is 0 Å². The second-order valence-electron chi connectivity index (χ2n) is 6.47. The quantitative estimate of drug-likeness (QED) is 0.812. The fourth-order valence-electron chi connectivity index (χ4n) is 2.91. The molecule has 100 valence electrons. The number of aromatic nitrogens is 1. The van der Waals surface area contributed by atoms with Crippen LogP contribution in [0.4, 0.5) is 0 Å². The molecule has 0 aliphatic heterocycles. The molecule has 1 aromatic rings. The summed E-state index contributed by atoms with van der Waals surface area (Å²) in [4.78, 5) is 4.20. The Labute approximate surface area is 111 Å². The first-order valence-electron chi connectivity index (χ1n) is 7.23. The van der Waals surface area contributed by atoms with Crippen molar-refractivity contribution in [2.45, 2.75) is 65.0 Å². The zero-order valence-electron chi connectivity index (χ0n) is 11.9. The fraction of sp³-hybridized carbons (Fsp3) is 0.688. The van der Waals surface area contributed by atoms with Crippen LogP contribution in [0, 0.1) is 5.41 Å². The molecule has 2 atom stereocenters. The summed E-state index contributed by atoms with van der Waals surface area (Å²) in [6.07, 6.45) is 10.5. The van der Waals surface area contributed by atoms with Crippen molar-refractivity contribution in [3.8, 4) is 0 Å². The Morgan fingerprint density at radius 2 is 2.17 bits per heavy atom. The molecule has 1 aromatic heterocycles. The van der Waals surface area contributed by atoms with Crippen LogP contribution in [-0.2, 0) is 0 Å². The number of hydrogen-bond acceptors (Lipinski definition) is 2. The van der Waals surface area contributed by atoms with E-state index in [0.717, 1.165) is 0 Å². The second kappa shape index (κ2) is 5.83. The highest BCUT2D eigenvalue weighted by atomic mass is 14.9. The summed E-state index contributed by atoms with van der Waals surface area (Å²) in [5, 5.41) is 3.77. The largest absolute Gasteiger partial charge is 0.307 e. The van der Waals surface area contributed by atoms with E-state index >= 15 is 0 Å². The number of hydrogen-bond donors (Lipinski definition) is 1. The Morgan fingerprint density at radius 3 is 2.89 bits per heavy atom. The number of pyridine rings is 1. The molecule has 18 heavy (non-hydrogen) atoms. The van der Waals surface area contributed by atoms with Crippen LogP contribution in [0.15, 0.2) is 24.5 Å². The maximum Gasteiger partial charge on any atom is 0.0315 e. The molecule has 0 spiro atoms. The van der Waals surface area contributed by atoms with Gasteiger partial charge in [0.15, 0.2) is 0 Å². The molecule has 1 aliphatic carbocycles. The molecule has 1 aliphatic rings.